The third-order valence-corrected chi connectivity index (χ3v) is 6.08. The Balaban J connectivity index is 1.61. The Kier molecular flexibility index (Phi) is 6.30. The van der Waals surface area contributed by atoms with E-state index in [1.54, 1.807) is 54.6 Å². The minimum Gasteiger partial charge on any atom is -0.482 e. The molecule has 2 aromatic rings. The average Bonchev–Trinajstić information content (AvgIpc) is 3.06. The summed E-state index contributed by atoms with van der Waals surface area (Å²) in [6.07, 6.45) is 0.355. The lowest BCUT2D eigenvalue weighted by atomic mass is 10.2. The topological polar surface area (TPSA) is 90.0 Å². The van der Waals surface area contributed by atoms with Gasteiger partial charge in [0.2, 0.25) is 0 Å². The van der Waals surface area contributed by atoms with Gasteiger partial charge in [0.1, 0.15) is 5.75 Å². The van der Waals surface area contributed by atoms with Gasteiger partial charge >= 0.3 is 5.97 Å². The Hall–Kier alpha value is -2.87. The first-order valence-electron chi connectivity index (χ1n) is 8.85. The van der Waals surface area contributed by atoms with Crippen molar-refractivity contribution in [2.75, 3.05) is 29.6 Å². The number of hydrogen-bond donors (Lipinski definition) is 0. The molecule has 0 aromatic heterocycles. The summed E-state index contributed by atoms with van der Waals surface area (Å²) in [6.45, 7) is -0.803. The molecule has 2 aromatic carbocycles. The minimum absolute atomic E-state index is 0.0407. The summed E-state index contributed by atoms with van der Waals surface area (Å²) >= 11 is 0. The smallest absolute Gasteiger partial charge is 0.344 e. The molecule has 1 aliphatic heterocycles. The maximum absolute atomic E-state index is 12.7. The Morgan fingerprint density at radius 3 is 2.21 bits per heavy atom. The number of benzene rings is 2. The van der Waals surface area contributed by atoms with Crippen molar-refractivity contribution >= 4 is 27.4 Å². The van der Waals surface area contributed by atoms with Crippen molar-refractivity contribution in [2.24, 2.45) is 0 Å². The van der Waals surface area contributed by atoms with E-state index in [9.17, 15) is 18.0 Å². The second-order valence-corrected chi connectivity index (χ2v) is 8.65. The Bertz CT molecular complexity index is 914. The van der Waals surface area contributed by atoms with Crippen LogP contribution in [0.15, 0.2) is 60.7 Å². The predicted molar refractivity (Wildman–Crippen MR) is 104 cm³/mol. The van der Waals surface area contributed by atoms with Gasteiger partial charge in [0.25, 0.3) is 5.91 Å². The van der Waals surface area contributed by atoms with Gasteiger partial charge in [-0.1, -0.05) is 36.4 Å². The van der Waals surface area contributed by atoms with E-state index in [1.807, 2.05) is 6.07 Å². The third-order valence-electron chi connectivity index (χ3n) is 4.33. The van der Waals surface area contributed by atoms with Gasteiger partial charge in [0, 0.05) is 5.69 Å². The van der Waals surface area contributed by atoms with Gasteiger partial charge in [-0.15, -0.1) is 0 Å². The number of amides is 1. The highest BCUT2D eigenvalue weighted by Gasteiger charge is 2.35. The van der Waals surface area contributed by atoms with Crippen molar-refractivity contribution in [3.05, 3.63) is 60.7 Å². The number of esters is 1. The van der Waals surface area contributed by atoms with Crippen molar-refractivity contribution in [3.63, 3.8) is 0 Å². The lowest BCUT2D eigenvalue weighted by molar-refractivity contribution is -0.149. The lowest BCUT2D eigenvalue weighted by Crippen LogP contribution is -2.43. The molecule has 0 bridgehead atoms. The first-order valence-corrected chi connectivity index (χ1v) is 10.7. The second-order valence-electron chi connectivity index (χ2n) is 6.42. The van der Waals surface area contributed by atoms with E-state index in [0.29, 0.717) is 17.9 Å². The van der Waals surface area contributed by atoms with Crippen LogP contribution in [-0.2, 0) is 24.2 Å². The quantitative estimate of drug-likeness (QED) is 0.655. The fourth-order valence-electron chi connectivity index (χ4n) is 3.04. The molecular formula is C20H21NO6S. The highest BCUT2D eigenvalue weighted by atomic mass is 32.2. The molecule has 0 spiro atoms. The van der Waals surface area contributed by atoms with E-state index in [0.717, 1.165) is 0 Å². The fraction of sp³-hybridized carbons (Fsp3) is 0.300. The number of ether oxygens (including phenoxy) is 2. The van der Waals surface area contributed by atoms with E-state index in [4.69, 9.17) is 9.47 Å². The molecule has 8 heteroatoms. The summed E-state index contributed by atoms with van der Waals surface area (Å²) in [4.78, 5) is 26.0. The van der Waals surface area contributed by atoms with Crippen LogP contribution in [0.3, 0.4) is 0 Å². The molecule has 1 fully saturated rings. The summed E-state index contributed by atoms with van der Waals surface area (Å²) in [5.74, 6) is -0.684. The first kappa shape index (κ1) is 19.9. The molecular weight excluding hydrogens is 382 g/mol. The first-order chi connectivity index (χ1) is 13.4. The van der Waals surface area contributed by atoms with Crippen molar-refractivity contribution in [1.82, 2.24) is 0 Å². The van der Waals surface area contributed by atoms with Gasteiger partial charge < -0.3 is 14.4 Å². The predicted octanol–water partition coefficient (Wildman–Crippen LogP) is 1.83. The van der Waals surface area contributed by atoms with Crippen LogP contribution < -0.4 is 9.64 Å². The van der Waals surface area contributed by atoms with E-state index < -0.39 is 34.4 Å². The molecule has 0 N–H and O–H groups in total. The number of para-hydroxylation sites is 2. The van der Waals surface area contributed by atoms with Gasteiger partial charge in [0.15, 0.2) is 23.1 Å². The SMILES string of the molecule is O=C(COc1ccccc1)OCC(=O)N(c1ccccc1)[C@@H]1CCS(=O)(=O)C1. The lowest BCUT2D eigenvalue weighted by Gasteiger charge is -2.28. The van der Waals surface area contributed by atoms with Gasteiger partial charge in [-0.2, -0.15) is 0 Å². The molecule has 0 saturated carbocycles. The number of rotatable bonds is 7. The number of carbonyl (C=O) groups excluding carboxylic acids is 2. The normalized spacial score (nSPS) is 17.6. The van der Waals surface area contributed by atoms with Crippen LogP contribution in [0.25, 0.3) is 0 Å². The zero-order valence-corrected chi connectivity index (χ0v) is 16.0. The summed E-state index contributed by atoms with van der Waals surface area (Å²) in [5, 5.41) is 0. The van der Waals surface area contributed by atoms with Gasteiger partial charge in [0.05, 0.1) is 17.5 Å². The molecule has 148 valence electrons. The van der Waals surface area contributed by atoms with Crippen molar-refractivity contribution in [1.29, 1.82) is 0 Å². The number of nitrogens with zero attached hydrogens (tertiary/aromatic N) is 1. The van der Waals surface area contributed by atoms with Crippen LogP contribution in [0.5, 0.6) is 5.75 Å². The van der Waals surface area contributed by atoms with E-state index in [2.05, 4.69) is 0 Å². The Labute approximate surface area is 163 Å². The molecule has 1 saturated heterocycles. The number of anilines is 1. The molecule has 0 radical (unpaired) electrons. The third kappa shape index (κ3) is 5.32. The highest BCUT2D eigenvalue weighted by Crippen LogP contribution is 2.24. The maximum Gasteiger partial charge on any atom is 0.344 e. The van der Waals surface area contributed by atoms with Crippen LogP contribution >= 0.6 is 0 Å². The van der Waals surface area contributed by atoms with Crippen LogP contribution in [0.4, 0.5) is 5.69 Å². The Morgan fingerprint density at radius 1 is 0.964 bits per heavy atom. The van der Waals surface area contributed by atoms with Crippen LogP contribution in [0.2, 0.25) is 0 Å². The number of sulfone groups is 1. The summed E-state index contributed by atoms with van der Waals surface area (Å²) in [7, 11) is -3.17. The summed E-state index contributed by atoms with van der Waals surface area (Å²) < 4.78 is 34.0. The van der Waals surface area contributed by atoms with Crippen LogP contribution in [-0.4, -0.2) is 51.1 Å². The second kappa shape index (κ2) is 8.88. The molecule has 1 heterocycles. The Morgan fingerprint density at radius 2 is 1.61 bits per heavy atom. The molecule has 1 aliphatic rings. The largest absolute Gasteiger partial charge is 0.482 e. The number of hydrogen-bond acceptors (Lipinski definition) is 6. The minimum atomic E-state index is -3.17. The molecule has 3 rings (SSSR count). The summed E-state index contributed by atoms with van der Waals surface area (Å²) in [5.41, 5.74) is 0.575. The van der Waals surface area contributed by atoms with E-state index in [1.165, 1.54) is 4.90 Å². The highest BCUT2D eigenvalue weighted by molar-refractivity contribution is 7.91. The molecule has 1 amide bonds. The summed E-state index contributed by atoms with van der Waals surface area (Å²) in [6, 6.07) is 17.1. The molecule has 28 heavy (non-hydrogen) atoms. The van der Waals surface area contributed by atoms with Crippen molar-refractivity contribution in [2.45, 2.75) is 12.5 Å². The number of carbonyl (C=O) groups is 2. The average molecular weight is 403 g/mol. The van der Waals surface area contributed by atoms with E-state index in [-0.39, 0.29) is 18.1 Å². The van der Waals surface area contributed by atoms with Crippen LogP contribution in [0, 0.1) is 0 Å². The van der Waals surface area contributed by atoms with Crippen molar-refractivity contribution < 1.29 is 27.5 Å². The molecule has 7 nitrogen and oxygen atoms in total. The van der Waals surface area contributed by atoms with Gasteiger partial charge in [-0.3, -0.25) is 4.79 Å². The fourth-order valence-corrected chi connectivity index (χ4v) is 4.74. The standard InChI is InChI=1S/C20H21NO6S/c22-19(13-27-20(23)14-26-18-9-5-2-6-10-18)21(16-7-3-1-4-8-16)17-11-12-28(24,25)15-17/h1-10,17H,11-15H2/t17-/m1/s1. The van der Waals surface area contributed by atoms with E-state index >= 15 is 0 Å². The molecule has 1 atom stereocenters. The molecule has 0 unspecified atom stereocenters. The van der Waals surface area contributed by atoms with Crippen LogP contribution in [0.1, 0.15) is 6.42 Å². The van der Waals surface area contributed by atoms with Gasteiger partial charge in [-0.05, 0) is 30.7 Å². The monoisotopic (exact) mass is 403 g/mol. The van der Waals surface area contributed by atoms with Gasteiger partial charge in [-0.25, -0.2) is 13.2 Å². The maximum atomic E-state index is 12.7. The van der Waals surface area contributed by atoms with Crippen molar-refractivity contribution in [3.8, 4) is 5.75 Å². The zero-order valence-electron chi connectivity index (χ0n) is 15.2. The zero-order chi connectivity index (χ0) is 20.0. The molecule has 0 aliphatic carbocycles.